The number of hydrogen-bond acceptors (Lipinski definition) is 5. The average Bonchev–Trinajstić information content (AvgIpc) is 3.44. The molecule has 4 heterocycles. The number of halogens is 2. The number of allylic oxidation sites excluding steroid dienone is 3. The van der Waals surface area contributed by atoms with Gasteiger partial charge in [0.15, 0.2) is 5.82 Å². The molecule has 0 N–H and O–H groups in total. The van der Waals surface area contributed by atoms with Crippen LogP contribution in [-0.4, -0.2) is 31.1 Å². The summed E-state index contributed by atoms with van der Waals surface area (Å²) in [6.45, 7) is 11.2. The van der Waals surface area contributed by atoms with Crippen molar-refractivity contribution in [1.29, 1.82) is 0 Å². The Bertz CT molecular complexity index is 1440. The minimum atomic E-state index is -2.65. The minimum absolute atomic E-state index is 0.271. The van der Waals surface area contributed by atoms with E-state index in [1.54, 1.807) is 29.9 Å². The predicted octanol–water partition coefficient (Wildman–Crippen LogP) is 6.28. The van der Waals surface area contributed by atoms with Gasteiger partial charge in [-0.1, -0.05) is 24.6 Å². The number of aromatic nitrogens is 5. The highest BCUT2D eigenvalue weighted by atomic mass is 19.3. The lowest BCUT2D eigenvalue weighted by molar-refractivity contribution is 0.145. The predicted molar refractivity (Wildman–Crippen MR) is 132 cm³/mol. The van der Waals surface area contributed by atoms with Crippen molar-refractivity contribution >= 4 is 12.2 Å². The minimum Gasteiger partial charge on any atom is -0.437 e. The van der Waals surface area contributed by atoms with Gasteiger partial charge in [-0.2, -0.15) is 10.2 Å². The molecule has 0 saturated carbocycles. The van der Waals surface area contributed by atoms with Gasteiger partial charge in [0.2, 0.25) is 5.88 Å². The van der Waals surface area contributed by atoms with E-state index >= 15 is 0 Å². The van der Waals surface area contributed by atoms with E-state index in [-0.39, 0.29) is 5.69 Å². The molecule has 0 aromatic carbocycles. The summed E-state index contributed by atoms with van der Waals surface area (Å²) < 4.78 is 35.4. The lowest BCUT2D eigenvalue weighted by Crippen LogP contribution is -2.07. The van der Waals surface area contributed by atoms with E-state index in [1.807, 2.05) is 51.1 Å². The Hall–Kier alpha value is -4.14. The van der Waals surface area contributed by atoms with E-state index in [2.05, 4.69) is 21.9 Å². The summed E-state index contributed by atoms with van der Waals surface area (Å²) >= 11 is 0. The summed E-state index contributed by atoms with van der Waals surface area (Å²) in [7, 11) is 0. The van der Waals surface area contributed by atoms with Gasteiger partial charge in [-0.15, -0.1) is 0 Å². The van der Waals surface area contributed by atoms with E-state index in [0.29, 0.717) is 35.3 Å². The first-order chi connectivity index (χ1) is 16.8. The second-order valence-corrected chi connectivity index (χ2v) is 8.22. The second kappa shape index (κ2) is 10.0. The Morgan fingerprint density at radius 1 is 1.20 bits per heavy atom. The van der Waals surface area contributed by atoms with Gasteiger partial charge in [0.05, 0.1) is 23.6 Å². The zero-order valence-electron chi connectivity index (χ0n) is 20.0. The van der Waals surface area contributed by atoms with Gasteiger partial charge >= 0.3 is 0 Å². The number of fused-ring (bicyclic) bond motifs is 1. The molecule has 4 aromatic rings. The quantitative estimate of drug-likeness (QED) is 0.171. The number of hydrogen-bond donors (Lipinski definition) is 0. The fourth-order valence-electron chi connectivity index (χ4n) is 3.61. The number of aryl methyl sites for hydroxylation is 2. The summed E-state index contributed by atoms with van der Waals surface area (Å²) in [5, 5.41) is 8.54. The number of rotatable bonds is 8. The van der Waals surface area contributed by atoms with Crippen LogP contribution in [0.3, 0.4) is 0 Å². The molecule has 0 aliphatic heterocycles. The van der Waals surface area contributed by atoms with Gasteiger partial charge in [0.1, 0.15) is 11.4 Å². The summed E-state index contributed by atoms with van der Waals surface area (Å²) in [4.78, 5) is 8.71. The Morgan fingerprint density at radius 2 is 2.00 bits per heavy atom. The van der Waals surface area contributed by atoms with E-state index in [4.69, 9.17) is 9.72 Å². The molecule has 0 amide bonds. The first-order valence-electron chi connectivity index (χ1n) is 11.1. The molecule has 0 radical (unpaired) electrons. The fourth-order valence-corrected chi connectivity index (χ4v) is 3.61. The van der Waals surface area contributed by atoms with Crippen LogP contribution in [0.5, 0.6) is 5.75 Å². The summed E-state index contributed by atoms with van der Waals surface area (Å²) in [6, 6.07) is 8.92. The van der Waals surface area contributed by atoms with Gasteiger partial charge in [0.25, 0.3) is 6.43 Å². The van der Waals surface area contributed by atoms with Crippen LogP contribution >= 0.6 is 0 Å². The smallest absolute Gasteiger partial charge is 0.282 e. The Kier molecular flexibility index (Phi) is 6.86. The molecule has 180 valence electrons. The molecular weight excluding hydrogens is 450 g/mol. The highest BCUT2D eigenvalue weighted by Gasteiger charge is 2.18. The van der Waals surface area contributed by atoms with Crippen molar-refractivity contribution in [2.45, 2.75) is 40.5 Å². The van der Waals surface area contributed by atoms with Crippen LogP contribution in [-0.2, 0) is 6.42 Å². The van der Waals surface area contributed by atoms with Crippen molar-refractivity contribution in [2.24, 2.45) is 4.99 Å². The van der Waals surface area contributed by atoms with E-state index < -0.39 is 6.43 Å². The maximum absolute atomic E-state index is 13.2. The van der Waals surface area contributed by atoms with Crippen molar-refractivity contribution in [3.8, 4) is 22.8 Å². The third-order valence-electron chi connectivity index (χ3n) is 5.37. The van der Waals surface area contributed by atoms with E-state index in [0.717, 1.165) is 22.2 Å². The van der Waals surface area contributed by atoms with E-state index in [9.17, 15) is 8.78 Å². The molecular formula is C26H26F2N6O. The number of alkyl halides is 2. The molecule has 0 aliphatic carbocycles. The molecule has 0 saturated heterocycles. The van der Waals surface area contributed by atoms with Crippen molar-refractivity contribution in [3.05, 3.63) is 83.3 Å². The normalized spacial score (nSPS) is 11.8. The lowest BCUT2D eigenvalue weighted by Gasteiger charge is -2.11. The fraction of sp³-hybridized carbons (Fsp3) is 0.231. The lowest BCUT2D eigenvalue weighted by atomic mass is 10.1. The Balaban J connectivity index is 1.72. The largest absolute Gasteiger partial charge is 0.437 e. The maximum atomic E-state index is 13.2. The van der Waals surface area contributed by atoms with Crippen LogP contribution in [0.4, 0.5) is 8.78 Å². The van der Waals surface area contributed by atoms with Gasteiger partial charge in [-0.3, -0.25) is 0 Å². The van der Waals surface area contributed by atoms with Crippen molar-refractivity contribution in [3.63, 3.8) is 0 Å². The monoisotopic (exact) mass is 476 g/mol. The molecule has 4 aromatic heterocycles. The molecule has 0 unspecified atom stereocenters. The molecule has 9 heteroatoms. The Labute approximate surface area is 202 Å². The van der Waals surface area contributed by atoms with Crippen LogP contribution in [0.2, 0.25) is 0 Å². The van der Waals surface area contributed by atoms with Gasteiger partial charge in [-0.05, 0) is 63.7 Å². The van der Waals surface area contributed by atoms with Crippen LogP contribution in [0, 0.1) is 6.92 Å². The van der Waals surface area contributed by atoms with Crippen molar-refractivity contribution in [1.82, 2.24) is 24.4 Å². The highest BCUT2D eigenvalue weighted by molar-refractivity contribution is 5.78. The highest BCUT2D eigenvalue weighted by Crippen LogP contribution is 2.28. The molecule has 0 aliphatic rings. The second-order valence-electron chi connectivity index (χ2n) is 8.22. The molecule has 0 fully saturated rings. The first-order valence-corrected chi connectivity index (χ1v) is 11.1. The average molecular weight is 477 g/mol. The summed E-state index contributed by atoms with van der Waals surface area (Å²) in [5.74, 6) is 1.45. The number of ether oxygens (including phenoxy) is 1. The standard InChI is InChI=1S/C26H26F2N6O/c1-6-18-8-10-21(31-26(18)34-17(4)13-22(32-34)25(27)28)20-14-30-33-15-19(9-11-23(20)33)35-24(29-5)12-7-16(2)3/h7-15,25H,5-6H2,1-4H3/b24-12+. The molecule has 35 heavy (non-hydrogen) atoms. The van der Waals surface area contributed by atoms with Crippen LogP contribution in [0.25, 0.3) is 22.6 Å². The molecule has 0 spiro atoms. The molecule has 0 bridgehead atoms. The van der Waals surface area contributed by atoms with Gasteiger partial charge < -0.3 is 4.74 Å². The maximum Gasteiger partial charge on any atom is 0.282 e. The van der Waals surface area contributed by atoms with E-state index in [1.165, 1.54) is 10.7 Å². The topological polar surface area (TPSA) is 69.6 Å². The van der Waals surface area contributed by atoms with Crippen molar-refractivity contribution < 1.29 is 13.5 Å². The zero-order valence-corrected chi connectivity index (χ0v) is 20.0. The van der Waals surface area contributed by atoms with Crippen LogP contribution in [0.1, 0.15) is 44.1 Å². The van der Waals surface area contributed by atoms with Crippen molar-refractivity contribution in [2.75, 3.05) is 0 Å². The summed E-state index contributed by atoms with van der Waals surface area (Å²) in [5.41, 5.74) is 4.60. The molecule has 4 rings (SSSR count). The van der Waals surface area contributed by atoms with Crippen LogP contribution < -0.4 is 4.74 Å². The molecule has 0 atom stereocenters. The zero-order chi connectivity index (χ0) is 25.1. The summed E-state index contributed by atoms with van der Waals surface area (Å²) in [6.07, 6.45) is 5.13. The number of nitrogens with zero attached hydrogens (tertiary/aromatic N) is 6. The third kappa shape index (κ3) is 5.03. The first kappa shape index (κ1) is 24.0. The molecule has 7 nitrogen and oxygen atoms in total. The van der Waals surface area contributed by atoms with Crippen LogP contribution in [0.15, 0.2) is 71.3 Å². The van der Waals surface area contributed by atoms with Gasteiger partial charge in [-0.25, -0.2) is 28.0 Å². The SMILES string of the molecule is C=N/C(=C\C=C(C)C)Oc1ccc2c(-c3ccc(CC)c(-n4nc(C(F)F)cc4C)n3)cnn2c1. The number of aliphatic imine (C=N–C) groups is 1. The number of pyridine rings is 2. The Morgan fingerprint density at radius 3 is 2.66 bits per heavy atom. The third-order valence-corrected chi connectivity index (χ3v) is 5.37. The van der Waals surface area contributed by atoms with Gasteiger partial charge in [0, 0.05) is 17.3 Å².